The molecule has 0 atom stereocenters. The first kappa shape index (κ1) is 26.3. The Labute approximate surface area is 226 Å². The van der Waals surface area contributed by atoms with E-state index < -0.39 is 0 Å². The van der Waals surface area contributed by atoms with E-state index in [9.17, 15) is 9.90 Å². The summed E-state index contributed by atoms with van der Waals surface area (Å²) >= 11 is 0. The van der Waals surface area contributed by atoms with Crippen molar-refractivity contribution in [1.29, 1.82) is 0 Å². The van der Waals surface area contributed by atoms with Gasteiger partial charge in [0.15, 0.2) is 5.82 Å². The molecular weight excluding hydrogens is 498 g/mol. The van der Waals surface area contributed by atoms with Gasteiger partial charge in [0, 0.05) is 48.4 Å². The molecule has 1 saturated carbocycles. The van der Waals surface area contributed by atoms with Crippen molar-refractivity contribution in [3.8, 4) is 28.4 Å². The summed E-state index contributed by atoms with van der Waals surface area (Å²) in [4.78, 5) is 16.8. The molecule has 0 saturated heterocycles. The molecule has 1 aliphatic rings. The molecule has 0 spiro atoms. The number of aliphatic hydroxyl groups is 1. The van der Waals surface area contributed by atoms with Crippen molar-refractivity contribution >= 4 is 22.9 Å². The van der Waals surface area contributed by atoms with Gasteiger partial charge < -0.3 is 30.0 Å². The summed E-state index contributed by atoms with van der Waals surface area (Å²) < 4.78 is 19.1. The number of carbonyl (C=O) groups excluding carboxylic acids is 1. The first-order valence-corrected chi connectivity index (χ1v) is 12.9. The standard InChI is InChI=1S/C29H33N5O5/c1-17-11-23(26(16-31-17)39-22-7-5-21(35)6-8-22)18-9-10-34-20(12-18)15-27(33-34)32-19-13-24(37-3)28(29(36)30-2)25(14-19)38-4/h9-16,21-22,35H,5-8H2,1-4H3,(H,30,36)(H,32,33). The number of nitrogens with one attached hydrogen (secondary N) is 2. The van der Waals surface area contributed by atoms with Gasteiger partial charge in [-0.2, -0.15) is 5.10 Å². The van der Waals surface area contributed by atoms with Gasteiger partial charge in [-0.15, -0.1) is 0 Å². The molecule has 3 heterocycles. The number of rotatable bonds is 8. The molecule has 39 heavy (non-hydrogen) atoms. The Bertz CT molecular complexity index is 1470. The van der Waals surface area contributed by atoms with Gasteiger partial charge in [-0.3, -0.25) is 9.78 Å². The van der Waals surface area contributed by atoms with Crippen LogP contribution in [0.15, 0.2) is 48.8 Å². The fourth-order valence-electron chi connectivity index (χ4n) is 4.91. The molecule has 204 valence electrons. The topological polar surface area (TPSA) is 119 Å². The van der Waals surface area contributed by atoms with Gasteiger partial charge in [0.25, 0.3) is 5.91 Å². The Morgan fingerprint density at radius 1 is 1.03 bits per heavy atom. The number of benzene rings is 1. The van der Waals surface area contributed by atoms with Crippen molar-refractivity contribution in [3.63, 3.8) is 0 Å². The minimum atomic E-state index is -0.300. The molecular formula is C29H33N5O5. The van der Waals surface area contributed by atoms with E-state index in [0.717, 1.165) is 53.8 Å². The molecule has 0 bridgehead atoms. The van der Waals surface area contributed by atoms with Gasteiger partial charge in [0.2, 0.25) is 0 Å². The molecule has 0 aliphatic heterocycles. The lowest BCUT2D eigenvalue weighted by Crippen LogP contribution is -2.26. The first-order valence-electron chi connectivity index (χ1n) is 12.9. The van der Waals surface area contributed by atoms with Gasteiger partial charge in [-0.25, -0.2) is 4.52 Å². The molecule has 0 unspecified atom stereocenters. The molecule has 4 aromatic rings. The molecule has 3 aromatic heterocycles. The van der Waals surface area contributed by atoms with Crippen molar-refractivity contribution < 1.29 is 24.1 Å². The number of hydrogen-bond donors (Lipinski definition) is 3. The van der Waals surface area contributed by atoms with Gasteiger partial charge in [0.1, 0.15) is 22.8 Å². The number of amides is 1. The van der Waals surface area contributed by atoms with Crippen LogP contribution in [-0.2, 0) is 0 Å². The number of aromatic nitrogens is 3. The van der Waals surface area contributed by atoms with E-state index in [1.807, 2.05) is 31.3 Å². The van der Waals surface area contributed by atoms with Crippen molar-refractivity contribution in [2.24, 2.45) is 0 Å². The van der Waals surface area contributed by atoms with Gasteiger partial charge in [-0.05, 0) is 56.4 Å². The number of fused-ring (bicyclic) bond motifs is 1. The third-order valence-electron chi connectivity index (χ3n) is 6.95. The first-order chi connectivity index (χ1) is 18.9. The second-order valence-electron chi connectivity index (χ2n) is 9.64. The van der Waals surface area contributed by atoms with E-state index in [1.54, 1.807) is 29.9 Å². The van der Waals surface area contributed by atoms with Gasteiger partial charge in [-0.1, -0.05) is 0 Å². The highest BCUT2D eigenvalue weighted by atomic mass is 16.5. The number of ether oxygens (including phenoxy) is 3. The van der Waals surface area contributed by atoms with Crippen LogP contribution in [-0.4, -0.2) is 59.1 Å². The lowest BCUT2D eigenvalue weighted by Gasteiger charge is -2.27. The quantitative estimate of drug-likeness (QED) is 0.304. The van der Waals surface area contributed by atoms with Crippen LogP contribution in [0, 0.1) is 6.92 Å². The predicted octanol–water partition coefficient (Wildman–Crippen LogP) is 4.51. The highest BCUT2D eigenvalue weighted by molar-refractivity contribution is 6.00. The molecule has 1 aliphatic carbocycles. The third-order valence-corrected chi connectivity index (χ3v) is 6.95. The minimum Gasteiger partial charge on any atom is -0.496 e. The van der Waals surface area contributed by atoms with Crippen molar-refractivity contribution in [2.75, 3.05) is 26.6 Å². The van der Waals surface area contributed by atoms with Crippen LogP contribution in [0.1, 0.15) is 41.7 Å². The Morgan fingerprint density at radius 2 is 1.74 bits per heavy atom. The van der Waals surface area contributed by atoms with Gasteiger partial charge >= 0.3 is 0 Å². The smallest absolute Gasteiger partial charge is 0.258 e. The number of methoxy groups -OCH3 is 2. The fraction of sp³-hybridized carbons (Fsp3) is 0.345. The summed E-state index contributed by atoms with van der Waals surface area (Å²) in [7, 11) is 4.57. The lowest BCUT2D eigenvalue weighted by atomic mass is 9.95. The zero-order valence-corrected chi connectivity index (χ0v) is 22.5. The van der Waals surface area contributed by atoms with Gasteiger partial charge in [0.05, 0.1) is 38.1 Å². The maximum Gasteiger partial charge on any atom is 0.258 e. The molecule has 1 aromatic carbocycles. The average Bonchev–Trinajstić information content (AvgIpc) is 3.35. The Balaban J connectivity index is 1.43. The zero-order valence-electron chi connectivity index (χ0n) is 22.5. The summed E-state index contributed by atoms with van der Waals surface area (Å²) in [6.07, 6.45) is 6.68. The Hall–Kier alpha value is -4.31. The molecule has 10 heteroatoms. The highest BCUT2D eigenvalue weighted by Crippen LogP contribution is 2.36. The van der Waals surface area contributed by atoms with Crippen LogP contribution in [0.4, 0.5) is 11.5 Å². The van der Waals surface area contributed by atoms with E-state index in [4.69, 9.17) is 14.2 Å². The van der Waals surface area contributed by atoms with E-state index in [2.05, 4.69) is 26.8 Å². The van der Waals surface area contributed by atoms with Crippen LogP contribution >= 0.6 is 0 Å². The number of anilines is 2. The monoisotopic (exact) mass is 531 g/mol. The van der Waals surface area contributed by atoms with Crippen LogP contribution in [0.25, 0.3) is 16.6 Å². The second kappa shape index (κ2) is 11.2. The summed E-state index contributed by atoms with van der Waals surface area (Å²) in [6.45, 7) is 1.96. The van der Waals surface area contributed by atoms with Crippen LogP contribution < -0.4 is 24.8 Å². The van der Waals surface area contributed by atoms with E-state index >= 15 is 0 Å². The SMILES string of the molecule is CNC(=O)c1c(OC)cc(Nc2cc3cc(-c4cc(C)ncc4OC4CCC(O)CC4)ccn3n2)cc1OC. The van der Waals surface area contributed by atoms with Crippen molar-refractivity contribution in [3.05, 3.63) is 60.0 Å². The van der Waals surface area contributed by atoms with E-state index in [-0.39, 0.29) is 18.1 Å². The van der Waals surface area contributed by atoms with Crippen LogP contribution in [0.2, 0.25) is 0 Å². The third kappa shape index (κ3) is 5.61. The number of carbonyl (C=O) groups is 1. The maximum atomic E-state index is 12.3. The number of aryl methyl sites for hydroxylation is 1. The Kier molecular flexibility index (Phi) is 7.56. The average molecular weight is 532 g/mol. The number of pyridine rings is 2. The lowest BCUT2D eigenvalue weighted by molar-refractivity contribution is 0.0667. The number of hydrogen-bond acceptors (Lipinski definition) is 8. The molecule has 3 N–H and O–H groups in total. The highest BCUT2D eigenvalue weighted by Gasteiger charge is 2.23. The summed E-state index contributed by atoms with van der Waals surface area (Å²) in [6, 6.07) is 11.5. The fourth-order valence-corrected chi connectivity index (χ4v) is 4.91. The molecule has 1 fully saturated rings. The summed E-state index contributed by atoms with van der Waals surface area (Å²) in [5, 5.41) is 20.4. The van der Waals surface area contributed by atoms with E-state index in [1.165, 1.54) is 14.2 Å². The predicted molar refractivity (Wildman–Crippen MR) is 148 cm³/mol. The molecule has 10 nitrogen and oxygen atoms in total. The van der Waals surface area contributed by atoms with Crippen LogP contribution in [0.3, 0.4) is 0 Å². The van der Waals surface area contributed by atoms with Crippen molar-refractivity contribution in [1.82, 2.24) is 19.9 Å². The largest absolute Gasteiger partial charge is 0.496 e. The summed E-state index contributed by atoms with van der Waals surface area (Å²) in [5.41, 5.74) is 4.72. The van der Waals surface area contributed by atoms with Crippen LogP contribution in [0.5, 0.6) is 17.2 Å². The van der Waals surface area contributed by atoms with E-state index in [0.29, 0.717) is 28.6 Å². The minimum absolute atomic E-state index is 0.0647. The van der Waals surface area contributed by atoms with Crippen molar-refractivity contribution in [2.45, 2.75) is 44.8 Å². The number of nitrogens with zero attached hydrogens (tertiary/aromatic N) is 3. The second-order valence-corrected chi connectivity index (χ2v) is 9.64. The molecule has 1 amide bonds. The molecule has 5 rings (SSSR count). The Morgan fingerprint density at radius 3 is 2.41 bits per heavy atom. The summed E-state index contributed by atoms with van der Waals surface area (Å²) in [5.74, 6) is 1.82. The number of aliphatic hydroxyl groups excluding tert-OH is 1. The molecule has 0 radical (unpaired) electrons. The normalized spacial score (nSPS) is 17.1. The maximum absolute atomic E-state index is 12.3. The zero-order chi connectivity index (χ0) is 27.5.